The van der Waals surface area contributed by atoms with Gasteiger partial charge in [-0.25, -0.2) is 4.79 Å². The van der Waals surface area contributed by atoms with Crippen LogP contribution >= 0.6 is 23.4 Å². The number of nitrogens with zero attached hydrogens (tertiary/aromatic N) is 3. The van der Waals surface area contributed by atoms with Crippen molar-refractivity contribution in [1.82, 2.24) is 14.3 Å². The highest BCUT2D eigenvalue weighted by Crippen LogP contribution is 2.43. The highest BCUT2D eigenvalue weighted by molar-refractivity contribution is 7.99. The quantitative estimate of drug-likeness (QED) is 0.351. The standard InChI is InChI=1S/C23H22ClN3O3S/c1-5-30-23(28)15-6-9-20(29-4)21(10-15)31-22-14(2)27(17-12-25-26(3)13-17)19-11-16(24)7-8-18(19)22/h6-13H,5H2,1-4H3. The minimum Gasteiger partial charge on any atom is -0.496 e. The molecular formula is C23H22ClN3O3S. The SMILES string of the molecule is CCOC(=O)c1ccc(OC)c(Sc2c(C)n(-c3cnn(C)c3)c3cc(Cl)ccc23)c1. The van der Waals surface area contributed by atoms with E-state index in [9.17, 15) is 4.79 Å². The molecule has 160 valence electrons. The molecule has 31 heavy (non-hydrogen) atoms. The molecule has 8 heteroatoms. The number of benzene rings is 2. The minimum atomic E-state index is -0.353. The molecule has 0 atom stereocenters. The molecule has 0 radical (unpaired) electrons. The minimum absolute atomic E-state index is 0.325. The largest absolute Gasteiger partial charge is 0.496 e. The number of hydrogen-bond donors (Lipinski definition) is 0. The summed E-state index contributed by atoms with van der Waals surface area (Å²) in [6.45, 7) is 4.18. The van der Waals surface area contributed by atoms with Crippen LogP contribution in [0.2, 0.25) is 5.02 Å². The van der Waals surface area contributed by atoms with E-state index in [1.807, 2.05) is 43.7 Å². The Morgan fingerprint density at radius 2 is 2.03 bits per heavy atom. The van der Waals surface area contributed by atoms with Gasteiger partial charge >= 0.3 is 5.97 Å². The van der Waals surface area contributed by atoms with Crippen LogP contribution in [0.1, 0.15) is 23.0 Å². The van der Waals surface area contributed by atoms with Crippen LogP contribution in [-0.2, 0) is 11.8 Å². The number of hydrogen-bond acceptors (Lipinski definition) is 5. The van der Waals surface area contributed by atoms with Crippen molar-refractivity contribution in [1.29, 1.82) is 0 Å². The van der Waals surface area contributed by atoms with Crippen molar-refractivity contribution in [2.45, 2.75) is 23.6 Å². The zero-order valence-electron chi connectivity index (χ0n) is 17.7. The number of ether oxygens (including phenoxy) is 2. The summed E-state index contributed by atoms with van der Waals surface area (Å²) in [6.07, 6.45) is 3.79. The van der Waals surface area contributed by atoms with Gasteiger partial charge in [-0.3, -0.25) is 4.68 Å². The van der Waals surface area contributed by atoms with Gasteiger partial charge in [0.25, 0.3) is 0 Å². The van der Waals surface area contributed by atoms with E-state index in [-0.39, 0.29) is 5.97 Å². The van der Waals surface area contributed by atoms with Gasteiger partial charge in [0.2, 0.25) is 0 Å². The molecule has 0 N–H and O–H groups in total. The first kappa shape index (κ1) is 21.3. The van der Waals surface area contributed by atoms with Gasteiger partial charge < -0.3 is 14.0 Å². The van der Waals surface area contributed by atoms with Crippen molar-refractivity contribution in [2.24, 2.45) is 7.05 Å². The van der Waals surface area contributed by atoms with Crippen LogP contribution in [0.5, 0.6) is 5.75 Å². The molecule has 0 unspecified atom stereocenters. The second-order valence-electron chi connectivity index (χ2n) is 6.97. The highest BCUT2D eigenvalue weighted by Gasteiger charge is 2.20. The topological polar surface area (TPSA) is 58.3 Å². The molecule has 0 aliphatic carbocycles. The molecule has 4 aromatic rings. The summed E-state index contributed by atoms with van der Waals surface area (Å²) >= 11 is 7.87. The van der Waals surface area contributed by atoms with Crippen molar-refractivity contribution in [3.05, 3.63) is 65.1 Å². The Kier molecular flexibility index (Phi) is 5.98. The number of aryl methyl sites for hydroxylation is 1. The lowest BCUT2D eigenvalue weighted by Gasteiger charge is -2.11. The molecule has 0 spiro atoms. The smallest absolute Gasteiger partial charge is 0.338 e. The molecule has 4 rings (SSSR count). The number of fused-ring (bicyclic) bond motifs is 1. The molecule has 0 fully saturated rings. The van der Waals surface area contributed by atoms with Crippen molar-refractivity contribution in [3.8, 4) is 11.4 Å². The predicted molar refractivity (Wildman–Crippen MR) is 123 cm³/mol. The molecule has 2 aromatic carbocycles. The monoisotopic (exact) mass is 455 g/mol. The first-order chi connectivity index (χ1) is 14.9. The van der Waals surface area contributed by atoms with Crippen molar-refractivity contribution in [2.75, 3.05) is 13.7 Å². The van der Waals surface area contributed by atoms with Crippen LogP contribution < -0.4 is 4.74 Å². The zero-order chi connectivity index (χ0) is 22.1. The number of carbonyl (C=O) groups is 1. The van der Waals surface area contributed by atoms with E-state index in [1.54, 1.807) is 42.6 Å². The first-order valence-electron chi connectivity index (χ1n) is 9.75. The van der Waals surface area contributed by atoms with Crippen LogP contribution in [-0.4, -0.2) is 34.0 Å². The fraction of sp³-hybridized carbons (Fsp3) is 0.217. The summed E-state index contributed by atoms with van der Waals surface area (Å²) < 4.78 is 14.6. The fourth-order valence-electron chi connectivity index (χ4n) is 3.55. The molecule has 0 bridgehead atoms. The molecule has 0 saturated heterocycles. The maximum atomic E-state index is 12.3. The van der Waals surface area contributed by atoms with E-state index in [0.717, 1.165) is 32.1 Å². The predicted octanol–water partition coefficient (Wildman–Crippen LogP) is 5.66. The molecule has 0 aliphatic rings. The number of aromatic nitrogens is 3. The Labute approximate surface area is 189 Å². The fourth-order valence-corrected chi connectivity index (χ4v) is 4.90. The third-order valence-electron chi connectivity index (χ3n) is 4.95. The van der Waals surface area contributed by atoms with E-state index in [2.05, 4.69) is 16.6 Å². The third kappa shape index (κ3) is 4.03. The van der Waals surface area contributed by atoms with Gasteiger partial charge in [0.15, 0.2) is 0 Å². The maximum absolute atomic E-state index is 12.3. The average Bonchev–Trinajstić information content (AvgIpc) is 3.28. The summed E-state index contributed by atoms with van der Waals surface area (Å²) in [5.74, 6) is 0.335. The first-order valence-corrected chi connectivity index (χ1v) is 10.9. The number of halogens is 1. The summed E-state index contributed by atoms with van der Waals surface area (Å²) in [4.78, 5) is 14.1. The lowest BCUT2D eigenvalue weighted by molar-refractivity contribution is 0.0526. The van der Waals surface area contributed by atoms with E-state index < -0.39 is 0 Å². The van der Waals surface area contributed by atoms with Crippen molar-refractivity contribution in [3.63, 3.8) is 0 Å². The number of rotatable bonds is 6. The molecular weight excluding hydrogens is 434 g/mol. The Bertz CT molecular complexity index is 1280. The summed E-state index contributed by atoms with van der Waals surface area (Å²) in [7, 11) is 3.51. The number of carbonyl (C=O) groups excluding carboxylic acids is 1. The maximum Gasteiger partial charge on any atom is 0.338 e. The molecule has 2 heterocycles. The third-order valence-corrected chi connectivity index (χ3v) is 6.44. The lowest BCUT2D eigenvalue weighted by atomic mass is 10.2. The second kappa shape index (κ2) is 8.69. The van der Waals surface area contributed by atoms with E-state index >= 15 is 0 Å². The normalized spacial score (nSPS) is 11.1. The summed E-state index contributed by atoms with van der Waals surface area (Å²) in [5, 5.41) is 6.03. The van der Waals surface area contributed by atoms with E-state index in [0.29, 0.717) is 22.9 Å². The van der Waals surface area contributed by atoms with Crippen LogP contribution in [0, 0.1) is 6.92 Å². The number of esters is 1. The van der Waals surface area contributed by atoms with Gasteiger partial charge in [-0.05, 0) is 44.2 Å². The van der Waals surface area contributed by atoms with Gasteiger partial charge in [-0.15, -0.1) is 0 Å². The molecule has 0 amide bonds. The van der Waals surface area contributed by atoms with Crippen molar-refractivity contribution < 1.29 is 14.3 Å². The van der Waals surface area contributed by atoms with Gasteiger partial charge in [-0.2, -0.15) is 5.10 Å². The van der Waals surface area contributed by atoms with Gasteiger partial charge in [0.05, 0.1) is 41.6 Å². The summed E-state index contributed by atoms with van der Waals surface area (Å²) in [5.41, 5.74) is 3.47. The van der Waals surface area contributed by atoms with Crippen LogP contribution in [0.4, 0.5) is 0 Å². The van der Waals surface area contributed by atoms with E-state index in [1.165, 1.54) is 0 Å². The molecule has 0 saturated carbocycles. The highest BCUT2D eigenvalue weighted by atomic mass is 35.5. The Hall–Kier alpha value is -2.90. The van der Waals surface area contributed by atoms with Crippen LogP contribution in [0.25, 0.3) is 16.6 Å². The van der Waals surface area contributed by atoms with Crippen LogP contribution in [0.3, 0.4) is 0 Å². The number of methoxy groups -OCH3 is 1. The zero-order valence-corrected chi connectivity index (χ0v) is 19.3. The van der Waals surface area contributed by atoms with Gasteiger partial charge in [0, 0.05) is 34.2 Å². The van der Waals surface area contributed by atoms with Gasteiger partial charge in [-0.1, -0.05) is 29.4 Å². The average molecular weight is 456 g/mol. The molecule has 6 nitrogen and oxygen atoms in total. The Morgan fingerprint density at radius 1 is 1.23 bits per heavy atom. The lowest BCUT2D eigenvalue weighted by Crippen LogP contribution is -2.04. The Morgan fingerprint density at radius 3 is 2.71 bits per heavy atom. The van der Waals surface area contributed by atoms with Crippen LogP contribution in [0.15, 0.2) is 58.6 Å². The van der Waals surface area contributed by atoms with E-state index in [4.69, 9.17) is 21.1 Å². The van der Waals surface area contributed by atoms with Gasteiger partial charge in [0.1, 0.15) is 5.75 Å². The molecule has 0 aliphatic heterocycles. The Balaban J connectivity index is 1.87. The molecule has 2 aromatic heterocycles. The summed E-state index contributed by atoms with van der Waals surface area (Å²) in [6, 6.07) is 11.2. The van der Waals surface area contributed by atoms with Crippen molar-refractivity contribution >= 4 is 40.2 Å². The second-order valence-corrected chi connectivity index (χ2v) is 8.46.